The fourth-order valence-corrected chi connectivity index (χ4v) is 5.15. The molecular weight excluding hydrogens is 556 g/mol. The van der Waals surface area contributed by atoms with Crippen molar-refractivity contribution in [2.45, 2.75) is 97.6 Å². The van der Waals surface area contributed by atoms with E-state index < -0.39 is 0 Å². The maximum absolute atomic E-state index is 12.8. The van der Waals surface area contributed by atoms with Gasteiger partial charge in [0.05, 0.1) is 18.5 Å². The van der Waals surface area contributed by atoms with Crippen molar-refractivity contribution < 1.29 is 31.1 Å². The summed E-state index contributed by atoms with van der Waals surface area (Å²) in [4.78, 5) is 14.7. The molecule has 6 heteroatoms. The van der Waals surface area contributed by atoms with Gasteiger partial charge in [0.1, 0.15) is 5.75 Å². The van der Waals surface area contributed by atoms with Gasteiger partial charge in [0.15, 0.2) is 12.7 Å². The average Bonchev–Trinajstić information content (AvgIpc) is 3.44. The first kappa shape index (κ1) is 32.0. The SMILES string of the molecule is CCCCCCCCCCCCOc1cccc(CN(C(=O)CC)c2ccc(C[n+]3ccsc3)cc2)c1.[Br-]. The molecule has 1 aromatic heterocycles. The molecule has 0 aliphatic rings. The summed E-state index contributed by atoms with van der Waals surface area (Å²) in [5, 5.41) is 2.07. The first-order valence-electron chi connectivity index (χ1n) is 14.2. The second kappa shape index (κ2) is 19.0. The predicted octanol–water partition coefficient (Wildman–Crippen LogP) is 5.33. The van der Waals surface area contributed by atoms with Crippen LogP contribution in [-0.2, 0) is 17.9 Å². The number of unbranched alkanes of at least 4 members (excludes halogenated alkanes) is 9. The molecule has 2 aromatic carbocycles. The van der Waals surface area contributed by atoms with Crippen LogP contribution in [-0.4, -0.2) is 12.5 Å². The fraction of sp³-hybridized carbons (Fsp3) is 0.500. The smallest absolute Gasteiger partial charge is 0.227 e. The molecule has 1 heterocycles. The van der Waals surface area contributed by atoms with Crippen molar-refractivity contribution in [2.24, 2.45) is 0 Å². The summed E-state index contributed by atoms with van der Waals surface area (Å²) in [6, 6.07) is 16.5. The monoisotopic (exact) mass is 600 g/mol. The van der Waals surface area contributed by atoms with Gasteiger partial charge in [-0.3, -0.25) is 4.79 Å². The van der Waals surface area contributed by atoms with E-state index in [9.17, 15) is 4.79 Å². The Kier molecular flexibility index (Phi) is 16.0. The van der Waals surface area contributed by atoms with E-state index in [4.69, 9.17) is 4.74 Å². The van der Waals surface area contributed by atoms with Gasteiger partial charge in [-0.2, -0.15) is 4.57 Å². The van der Waals surface area contributed by atoms with Crippen molar-refractivity contribution in [1.82, 2.24) is 0 Å². The summed E-state index contributed by atoms with van der Waals surface area (Å²) in [6.07, 6.45) is 15.8. The second-order valence-corrected chi connectivity index (χ2v) is 10.6. The number of carbonyl (C=O) groups is 1. The van der Waals surface area contributed by atoms with E-state index in [2.05, 4.69) is 65.0 Å². The van der Waals surface area contributed by atoms with Gasteiger partial charge >= 0.3 is 0 Å². The maximum atomic E-state index is 12.8. The molecule has 0 aliphatic heterocycles. The number of carbonyl (C=O) groups excluding carboxylic acids is 1. The van der Waals surface area contributed by atoms with Crippen molar-refractivity contribution in [3.63, 3.8) is 0 Å². The van der Waals surface area contributed by atoms with Crippen molar-refractivity contribution in [3.05, 3.63) is 76.7 Å². The van der Waals surface area contributed by atoms with Crippen molar-refractivity contribution in [1.29, 1.82) is 0 Å². The van der Waals surface area contributed by atoms with Gasteiger partial charge in [0.2, 0.25) is 11.4 Å². The standard InChI is InChI=1S/C32H45N2O2S.BrH/c1-3-5-6-7-8-9-10-11-12-13-22-36-31-16-14-15-29(24-31)26-34(32(35)4-2)30-19-17-28(18-20-30)25-33-21-23-37-27-33;/h14-21,23-24,27H,3-13,22,25-26H2,1-2H3;1H/q+1;/p-1. The third-order valence-corrected chi connectivity index (χ3v) is 7.42. The Bertz CT molecular complexity index is 1020. The molecule has 208 valence electrons. The van der Waals surface area contributed by atoms with Crippen molar-refractivity contribution in [3.8, 4) is 5.75 Å². The van der Waals surface area contributed by atoms with Gasteiger partial charge in [-0.15, -0.1) is 0 Å². The largest absolute Gasteiger partial charge is 1.00 e. The van der Waals surface area contributed by atoms with Gasteiger partial charge in [-0.05, 0) is 36.2 Å². The average molecular weight is 602 g/mol. The number of benzene rings is 2. The van der Waals surface area contributed by atoms with Gasteiger partial charge < -0.3 is 26.6 Å². The molecule has 38 heavy (non-hydrogen) atoms. The van der Waals surface area contributed by atoms with Crippen LogP contribution in [0.25, 0.3) is 0 Å². The number of hydrogen-bond donors (Lipinski definition) is 0. The molecule has 3 rings (SSSR count). The van der Waals surface area contributed by atoms with Crippen molar-refractivity contribution >= 4 is 22.9 Å². The van der Waals surface area contributed by atoms with Crippen LogP contribution < -0.4 is 31.2 Å². The van der Waals surface area contributed by atoms with E-state index in [1.807, 2.05) is 24.0 Å². The van der Waals surface area contributed by atoms with Gasteiger partial charge in [-0.25, -0.2) is 0 Å². The summed E-state index contributed by atoms with van der Waals surface area (Å²) in [5.41, 5.74) is 5.34. The Hall–Kier alpha value is -2.18. The second-order valence-electron chi connectivity index (χ2n) is 9.88. The van der Waals surface area contributed by atoms with Crippen LogP contribution in [0.5, 0.6) is 5.75 Å². The normalized spacial score (nSPS) is 10.7. The molecule has 0 saturated carbocycles. The summed E-state index contributed by atoms with van der Waals surface area (Å²) in [7, 11) is 0. The Balaban J connectivity index is 0.00000507. The van der Waals surface area contributed by atoms with E-state index in [0.717, 1.165) is 36.6 Å². The first-order chi connectivity index (χ1) is 18.2. The minimum atomic E-state index is 0. The zero-order valence-electron chi connectivity index (χ0n) is 23.2. The van der Waals surface area contributed by atoms with Crippen LogP contribution in [0.3, 0.4) is 0 Å². The number of amides is 1. The Morgan fingerprint density at radius 3 is 2.18 bits per heavy atom. The van der Waals surface area contributed by atoms with Gasteiger partial charge in [0, 0.05) is 17.7 Å². The van der Waals surface area contributed by atoms with Crippen LogP contribution in [0.4, 0.5) is 5.69 Å². The number of nitrogens with zero attached hydrogens (tertiary/aromatic N) is 2. The zero-order valence-corrected chi connectivity index (χ0v) is 25.6. The van der Waals surface area contributed by atoms with Crippen LogP contribution in [0.15, 0.2) is 65.6 Å². The highest BCUT2D eigenvalue weighted by Crippen LogP contribution is 2.22. The molecule has 0 saturated heterocycles. The van der Waals surface area contributed by atoms with E-state index in [0.29, 0.717) is 13.0 Å². The number of ether oxygens (including phenoxy) is 1. The number of thiazole rings is 1. The first-order valence-corrected chi connectivity index (χ1v) is 15.2. The Morgan fingerprint density at radius 1 is 0.868 bits per heavy atom. The molecule has 0 atom stereocenters. The molecule has 0 aliphatic carbocycles. The molecule has 0 N–H and O–H groups in total. The number of aromatic nitrogens is 1. The van der Waals surface area contributed by atoms with Crippen LogP contribution in [0.2, 0.25) is 0 Å². The molecule has 1 amide bonds. The highest BCUT2D eigenvalue weighted by Gasteiger charge is 2.15. The molecule has 0 bridgehead atoms. The van der Waals surface area contributed by atoms with E-state index in [1.165, 1.54) is 63.4 Å². The highest BCUT2D eigenvalue weighted by molar-refractivity contribution is 7.07. The highest BCUT2D eigenvalue weighted by atomic mass is 79.9. The molecule has 3 aromatic rings. The topological polar surface area (TPSA) is 33.4 Å². The van der Waals surface area contributed by atoms with Crippen LogP contribution in [0.1, 0.15) is 95.6 Å². The molecule has 0 unspecified atom stereocenters. The predicted molar refractivity (Wildman–Crippen MR) is 155 cm³/mol. The maximum Gasteiger partial charge on any atom is 0.227 e. The van der Waals surface area contributed by atoms with Crippen LogP contribution in [0, 0.1) is 0 Å². The minimum absolute atomic E-state index is 0. The number of hydrogen-bond acceptors (Lipinski definition) is 3. The lowest BCUT2D eigenvalue weighted by atomic mass is 10.1. The summed E-state index contributed by atoms with van der Waals surface area (Å²) in [6.45, 7) is 6.32. The molecule has 0 spiro atoms. The fourth-order valence-electron chi connectivity index (χ4n) is 4.55. The molecular formula is C32H45BrN2O2S. The molecule has 4 nitrogen and oxygen atoms in total. The quantitative estimate of drug-likeness (QED) is 0.146. The third-order valence-electron chi connectivity index (χ3n) is 6.75. The number of halogens is 1. The Morgan fingerprint density at radius 2 is 1.55 bits per heavy atom. The van der Waals surface area contributed by atoms with E-state index in [1.54, 1.807) is 11.3 Å². The lowest BCUT2D eigenvalue weighted by molar-refractivity contribution is -0.683. The molecule has 0 fully saturated rings. The third kappa shape index (κ3) is 11.7. The van der Waals surface area contributed by atoms with Gasteiger partial charge in [0.25, 0.3) is 0 Å². The Labute approximate surface area is 244 Å². The van der Waals surface area contributed by atoms with Crippen LogP contribution >= 0.6 is 11.3 Å². The summed E-state index contributed by atoms with van der Waals surface area (Å²) in [5.74, 6) is 1.01. The van der Waals surface area contributed by atoms with Gasteiger partial charge in [-0.1, -0.05) is 107 Å². The number of rotatable bonds is 18. The lowest BCUT2D eigenvalue weighted by Gasteiger charge is -2.23. The summed E-state index contributed by atoms with van der Waals surface area (Å²) < 4.78 is 8.22. The number of anilines is 1. The van der Waals surface area contributed by atoms with E-state index in [-0.39, 0.29) is 22.9 Å². The summed E-state index contributed by atoms with van der Waals surface area (Å²) >= 11 is 1.69. The lowest BCUT2D eigenvalue weighted by Crippen LogP contribution is -3.00. The minimum Gasteiger partial charge on any atom is -1.00 e. The van der Waals surface area contributed by atoms with Crippen molar-refractivity contribution in [2.75, 3.05) is 11.5 Å². The zero-order chi connectivity index (χ0) is 26.1. The molecule has 0 radical (unpaired) electrons. The van der Waals surface area contributed by atoms with E-state index >= 15 is 0 Å².